The van der Waals surface area contributed by atoms with Crippen LogP contribution >= 0.6 is 11.3 Å². The Hall–Kier alpha value is -2.80. The van der Waals surface area contributed by atoms with Crippen molar-refractivity contribution < 1.29 is 0 Å². The van der Waals surface area contributed by atoms with Crippen molar-refractivity contribution in [3.05, 3.63) is 52.0 Å². The first-order valence-corrected chi connectivity index (χ1v) is 10.0. The summed E-state index contributed by atoms with van der Waals surface area (Å²) in [5, 5.41) is 16.3. The van der Waals surface area contributed by atoms with Crippen molar-refractivity contribution in [1.29, 1.82) is 0 Å². The Kier molecular flexibility index (Phi) is 3.89. The molecule has 0 spiro atoms. The molecule has 4 aromatic rings. The van der Waals surface area contributed by atoms with Gasteiger partial charge < -0.3 is 5.32 Å². The number of anilines is 2. The zero-order chi connectivity index (χ0) is 18.4. The fraction of sp³-hybridized carbons (Fsp3) is 0.300. The van der Waals surface area contributed by atoms with Crippen molar-refractivity contribution in [2.24, 2.45) is 0 Å². The third-order valence-corrected chi connectivity index (χ3v) is 6.25. The summed E-state index contributed by atoms with van der Waals surface area (Å²) in [5.74, 6) is 1.18. The van der Waals surface area contributed by atoms with Crippen molar-refractivity contribution >= 4 is 28.1 Å². The fourth-order valence-corrected chi connectivity index (χ4v) is 4.46. The van der Waals surface area contributed by atoms with E-state index in [0.29, 0.717) is 11.8 Å². The second-order valence-corrected chi connectivity index (χ2v) is 8.17. The predicted octanol–water partition coefficient (Wildman–Crippen LogP) is 4.49. The van der Waals surface area contributed by atoms with Crippen LogP contribution in [0.5, 0.6) is 0 Å². The molecule has 0 fully saturated rings. The van der Waals surface area contributed by atoms with E-state index in [1.54, 1.807) is 11.3 Å². The van der Waals surface area contributed by atoms with E-state index in [1.807, 2.05) is 23.6 Å². The van der Waals surface area contributed by atoms with Crippen LogP contribution in [0.15, 0.2) is 30.3 Å². The number of aromatic nitrogens is 5. The number of thiazole rings is 1. The van der Waals surface area contributed by atoms with Crippen LogP contribution < -0.4 is 5.32 Å². The first-order valence-electron chi connectivity index (χ1n) is 9.23. The molecule has 0 saturated heterocycles. The van der Waals surface area contributed by atoms with Crippen LogP contribution in [0.25, 0.3) is 16.2 Å². The highest BCUT2D eigenvalue weighted by molar-refractivity contribution is 7.17. The van der Waals surface area contributed by atoms with Gasteiger partial charge in [0.05, 0.1) is 11.4 Å². The number of rotatable bonds is 3. The standard InChI is InChI=1S/C20H20N6S/c1-12-13(2)27-20-22-19(25-26(12)20)21-18-10-9-17(23-24-18)16-8-7-14-5-3-4-6-15(14)11-16/h7-11H,3-6H2,1-2H3,(H,21,24,25). The number of nitrogens with zero attached hydrogens (tertiary/aromatic N) is 5. The van der Waals surface area contributed by atoms with E-state index in [1.165, 1.54) is 35.3 Å². The van der Waals surface area contributed by atoms with E-state index in [-0.39, 0.29) is 0 Å². The molecule has 27 heavy (non-hydrogen) atoms. The van der Waals surface area contributed by atoms with E-state index < -0.39 is 0 Å². The van der Waals surface area contributed by atoms with Gasteiger partial charge in [0, 0.05) is 10.4 Å². The summed E-state index contributed by atoms with van der Waals surface area (Å²) in [7, 11) is 0. The number of fused-ring (bicyclic) bond motifs is 2. The SMILES string of the molecule is Cc1sc2nc(Nc3ccc(-c4ccc5c(c4)CCCC5)nn3)nn2c1C. The fourth-order valence-electron chi connectivity index (χ4n) is 3.56. The molecule has 0 radical (unpaired) electrons. The number of hydrogen-bond acceptors (Lipinski definition) is 6. The van der Waals surface area contributed by atoms with E-state index in [2.05, 4.69) is 50.7 Å². The van der Waals surface area contributed by atoms with Crippen LogP contribution in [0.2, 0.25) is 0 Å². The smallest absolute Gasteiger partial charge is 0.249 e. The van der Waals surface area contributed by atoms with Gasteiger partial charge in [-0.25, -0.2) is 4.52 Å². The molecule has 0 atom stereocenters. The first-order chi connectivity index (χ1) is 13.2. The Morgan fingerprint density at radius 1 is 1.00 bits per heavy atom. The molecule has 1 aliphatic rings. The molecule has 136 valence electrons. The zero-order valence-electron chi connectivity index (χ0n) is 15.4. The minimum atomic E-state index is 0.542. The average molecular weight is 376 g/mol. The van der Waals surface area contributed by atoms with Gasteiger partial charge in [0.25, 0.3) is 0 Å². The average Bonchev–Trinajstić information content (AvgIpc) is 3.20. The van der Waals surface area contributed by atoms with Crippen molar-refractivity contribution in [3.63, 3.8) is 0 Å². The molecule has 1 aromatic carbocycles. The highest BCUT2D eigenvalue weighted by Gasteiger charge is 2.13. The second-order valence-electron chi connectivity index (χ2n) is 6.99. The Morgan fingerprint density at radius 2 is 1.85 bits per heavy atom. The molecule has 3 heterocycles. The summed E-state index contributed by atoms with van der Waals surface area (Å²) >= 11 is 1.63. The topological polar surface area (TPSA) is 68.0 Å². The molecule has 0 unspecified atom stereocenters. The van der Waals surface area contributed by atoms with Gasteiger partial charge in [-0.15, -0.1) is 15.3 Å². The lowest BCUT2D eigenvalue weighted by Crippen LogP contribution is -2.03. The first kappa shape index (κ1) is 16.4. The van der Waals surface area contributed by atoms with Gasteiger partial charge in [0.2, 0.25) is 10.9 Å². The molecule has 0 bridgehead atoms. The van der Waals surface area contributed by atoms with Gasteiger partial charge in [-0.05, 0) is 68.9 Å². The monoisotopic (exact) mass is 376 g/mol. The molecule has 1 N–H and O–H groups in total. The Balaban J connectivity index is 1.38. The van der Waals surface area contributed by atoms with Gasteiger partial charge in [0.15, 0.2) is 5.82 Å². The number of benzene rings is 1. The van der Waals surface area contributed by atoms with Crippen molar-refractivity contribution in [3.8, 4) is 11.3 Å². The minimum Gasteiger partial charge on any atom is -0.306 e. The predicted molar refractivity (Wildman–Crippen MR) is 108 cm³/mol. The minimum absolute atomic E-state index is 0.542. The van der Waals surface area contributed by atoms with Crippen LogP contribution in [-0.2, 0) is 12.8 Å². The van der Waals surface area contributed by atoms with Gasteiger partial charge in [-0.1, -0.05) is 23.5 Å². The zero-order valence-corrected chi connectivity index (χ0v) is 16.2. The summed E-state index contributed by atoms with van der Waals surface area (Å²) in [6, 6.07) is 10.6. The lowest BCUT2D eigenvalue weighted by atomic mass is 9.90. The van der Waals surface area contributed by atoms with Crippen LogP contribution in [0.3, 0.4) is 0 Å². The Labute approximate surface area is 161 Å². The van der Waals surface area contributed by atoms with Crippen molar-refractivity contribution in [2.75, 3.05) is 5.32 Å². The molecule has 3 aromatic heterocycles. The van der Waals surface area contributed by atoms with E-state index >= 15 is 0 Å². The van der Waals surface area contributed by atoms with E-state index in [9.17, 15) is 0 Å². The Morgan fingerprint density at radius 3 is 2.63 bits per heavy atom. The largest absolute Gasteiger partial charge is 0.306 e. The van der Waals surface area contributed by atoms with Crippen molar-refractivity contribution in [1.82, 2.24) is 24.8 Å². The third-order valence-electron chi connectivity index (χ3n) is 5.20. The lowest BCUT2D eigenvalue weighted by Gasteiger charge is -2.16. The number of nitrogens with one attached hydrogen (secondary N) is 1. The van der Waals surface area contributed by atoms with E-state index in [4.69, 9.17) is 0 Å². The summed E-state index contributed by atoms with van der Waals surface area (Å²) in [5.41, 5.74) is 6.06. The van der Waals surface area contributed by atoms with Crippen LogP contribution in [-0.4, -0.2) is 24.8 Å². The second kappa shape index (κ2) is 6.42. The molecule has 0 amide bonds. The van der Waals surface area contributed by atoms with E-state index in [0.717, 1.165) is 28.3 Å². The van der Waals surface area contributed by atoms with Gasteiger partial charge >= 0.3 is 0 Å². The van der Waals surface area contributed by atoms with Crippen LogP contribution in [0.4, 0.5) is 11.8 Å². The maximum atomic E-state index is 4.51. The molecule has 6 nitrogen and oxygen atoms in total. The molecule has 7 heteroatoms. The summed E-state index contributed by atoms with van der Waals surface area (Å²) < 4.78 is 1.86. The van der Waals surface area contributed by atoms with Gasteiger partial charge in [-0.3, -0.25) is 0 Å². The summed E-state index contributed by atoms with van der Waals surface area (Å²) in [6.07, 6.45) is 4.93. The maximum absolute atomic E-state index is 4.51. The molecular weight excluding hydrogens is 356 g/mol. The molecule has 0 aliphatic heterocycles. The quantitative estimate of drug-likeness (QED) is 0.571. The Bertz CT molecular complexity index is 1130. The highest BCUT2D eigenvalue weighted by atomic mass is 32.1. The number of hydrogen-bond donors (Lipinski definition) is 1. The third kappa shape index (κ3) is 2.98. The van der Waals surface area contributed by atoms with Crippen LogP contribution in [0.1, 0.15) is 34.5 Å². The van der Waals surface area contributed by atoms with Crippen LogP contribution in [0, 0.1) is 13.8 Å². The molecule has 1 aliphatic carbocycles. The van der Waals surface area contributed by atoms with Gasteiger partial charge in [-0.2, -0.15) is 4.98 Å². The molecule has 5 rings (SSSR count). The maximum Gasteiger partial charge on any atom is 0.249 e. The normalized spacial score (nSPS) is 13.7. The molecule has 0 saturated carbocycles. The lowest BCUT2D eigenvalue weighted by molar-refractivity contribution is 0.686. The van der Waals surface area contributed by atoms with Crippen molar-refractivity contribution in [2.45, 2.75) is 39.5 Å². The van der Waals surface area contributed by atoms with Gasteiger partial charge in [0.1, 0.15) is 0 Å². The summed E-state index contributed by atoms with van der Waals surface area (Å²) in [6.45, 7) is 4.12. The summed E-state index contributed by atoms with van der Waals surface area (Å²) in [4.78, 5) is 6.62. The molecular formula is C20H20N6S. The number of aryl methyl sites for hydroxylation is 4. The highest BCUT2D eigenvalue weighted by Crippen LogP contribution is 2.27.